The summed E-state index contributed by atoms with van der Waals surface area (Å²) in [6.07, 6.45) is 9.70. The van der Waals surface area contributed by atoms with Crippen molar-refractivity contribution < 1.29 is 0 Å². The quantitative estimate of drug-likeness (QED) is 0.109. The maximum atomic E-state index is 10.9. The molecular weight excluding hydrogens is 629 g/mol. The van der Waals surface area contributed by atoms with Crippen molar-refractivity contribution in [1.82, 2.24) is 15.5 Å². The van der Waals surface area contributed by atoms with E-state index in [1.165, 1.54) is 11.1 Å². The third kappa shape index (κ3) is 9.58. The molecule has 1 aliphatic carbocycles. The van der Waals surface area contributed by atoms with Gasteiger partial charge in [-0.15, -0.1) is 0 Å². The molecule has 2 rings (SSSR count). The molecule has 1 aliphatic heterocycles. The second-order valence-electron chi connectivity index (χ2n) is 16.3. The number of rotatable bonds is 20. The minimum Gasteiger partial charge on any atom is -0.388 e. The maximum Gasteiger partial charge on any atom is 0.140 e. The molecule has 1 saturated heterocycles. The van der Waals surface area contributed by atoms with E-state index in [4.69, 9.17) is 18.0 Å². The Labute approximate surface area is 303 Å². The Morgan fingerprint density at radius 3 is 2.04 bits per heavy atom. The largest absolute Gasteiger partial charge is 0.388 e. The highest BCUT2D eigenvalue weighted by molar-refractivity contribution is 8.23. The number of allylic oxidation sites excluding steroid dienone is 5. The molecule has 4 N–H and O–H groups in total. The molecule has 8 heteroatoms. The highest BCUT2D eigenvalue weighted by Gasteiger charge is 2.58. The second kappa shape index (κ2) is 16.9. The van der Waals surface area contributed by atoms with Crippen LogP contribution in [0.4, 0.5) is 0 Å². The lowest BCUT2D eigenvalue weighted by molar-refractivity contribution is -0.0418. The molecule has 1 heterocycles. The average Bonchev–Trinajstić information content (AvgIpc) is 3.48. The van der Waals surface area contributed by atoms with Gasteiger partial charge in [0.2, 0.25) is 0 Å². The van der Waals surface area contributed by atoms with Crippen LogP contribution >= 0.6 is 24.0 Å². The summed E-state index contributed by atoms with van der Waals surface area (Å²) in [7, 11) is 0. The molecule has 0 spiro atoms. The maximum absolute atomic E-state index is 10.9. The van der Waals surface area contributed by atoms with Crippen LogP contribution in [0, 0.1) is 55.7 Å². The molecule has 3 atom stereocenters. The molecule has 0 bridgehead atoms. The van der Waals surface area contributed by atoms with Crippen LogP contribution in [0.15, 0.2) is 60.1 Å². The molecule has 2 aliphatic rings. The van der Waals surface area contributed by atoms with Gasteiger partial charge in [0.05, 0.1) is 23.0 Å². The molecule has 0 aromatic heterocycles. The number of nitrogens with two attached hydrogens (primary N) is 1. The Morgan fingerprint density at radius 1 is 0.958 bits per heavy atom. The predicted molar refractivity (Wildman–Crippen MR) is 211 cm³/mol. The summed E-state index contributed by atoms with van der Waals surface area (Å²) in [6.45, 7) is 36.0. The van der Waals surface area contributed by atoms with Crippen molar-refractivity contribution in [3.63, 3.8) is 0 Å². The van der Waals surface area contributed by atoms with Crippen LogP contribution in [0.3, 0.4) is 0 Å². The van der Waals surface area contributed by atoms with E-state index in [-0.39, 0.29) is 0 Å². The number of hydrogen-bond donors (Lipinski definition) is 3. The van der Waals surface area contributed by atoms with E-state index in [0.717, 1.165) is 59.6 Å². The SMILES string of the molecule is C=C(CCC(C)(C#N)C(C)(C)C(C)(CC(C)(C)C(C)(C#N)CCC(=C)N1CCSC1=S)C(=C)NCC(C)C)NCC1=CC=C(CN)CC1. The molecule has 0 aromatic carbocycles. The van der Waals surface area contributed by atoms with E-state index in [1.54, 1.807) is 11.8 Å². The Kier molecular flexibility index (Phi) is 14.7. The molecule has 266 valence electrons. The lowest BCUT2D eigenvalue weighted by Gasteiger charge is -2.57. The summed E-state index contributed by atoms with van der Waals surface area (Å²) in [5.74, 6) is 1.41. The second-order valence-corrected chi connectivity index (χ2v) is 18.0. The van der Waals surface area contributed by atoms with Crippen LogP contribution in [0.1, 0.15) is 107 Å². The summed E-state index contributed by atoms with van der Waals surface area (Å²) >= 11 is 7.24. The van der Waals surface area contributed by atoms with Crippen molar-refractivity contribution in [3.05, 3.63) is 60.1 Å². The molecule has 3 unspecified atom stereocenters. The van der Waals surface area contributed by atoms with E-state index >= 15 is 0 Å². The van der Waals surface area contributed by atoms with Crippen molar-refractivity contribution in [1.29, 1.82) is 10.5 Å². The predicted octanol–water partition coefficient (Wildman–Crippen LogP) is 9.37. The normalized spacial score (nSPS) is 19.2. The number of nitriles is 2. The molecule has 0 aromatic rings. The van der Waals surface area contributed by atoms with Gasteiger partial charge in [-0.05, 0) is 75.5 Å². The number of nitrogens with zero attached hydrogens (tertiary/aromatic N) is 3. The highest BCUT2D eigenvalue weighted by atomic mass is 32.2. The number of thiocarbonyl (C=S) groups is 1. The van der Waals surface area contributed by atoms with Crippen LogP contribution < -0.4 is 16.4 Å². The summed E-state index contributed by atoms with van der Waals surface area (Å²) in [5.41, 5.74) is 8.41. The van der Waals surface area contributed by atoms with E-state index in [2.05, 4.69) is 122 Å². The monoisotopic (exact) mass is 692 g/mol. The average molecular weight is 693 g/mol. The van der Waals surface area contributed by atoms with E-state index in [9.17, 15) is 10.5 Å². The van der Waals surface area contributed by atoms with Gasteiger partial charge < -0.3 is 21.3 Å². The van der Waals surface area contributed by atoms with Gasteiger partial charge in [0.25, 0.3) is 0 Å². The van der Waals surface area contributed by atoms with Gasteiger partial charge in [-0.2, -0.15) is 10.5 Å². The van der Waals surface area contributed by atoms with Gasteiger partial charge in [0, 0.05) is 54.4 Å². The van der Waals surface area contributed by atoms with Crippen LogP contribution in [-0.4, -0.2) is 41.2 Å². The first-order valence-electron chi connectivity index (χ1n) is 17.6. The number of thioether (sulfide) groups is 1. The minimum atomic E-state index is -0.714. The van der Waals surface area contributed by atoms with Gasteiger partial charge >= 0.3 is 0 Å². The summed E-state index contributed by atoms with van der Waals surface area (Å²) < 4.78 is 0.873. The number of nitrogens with one attached hydrogen (secondary N) is 2. The molecule has 0 amide bonds. The Hall–Kier alpha value is -2.52. The summed E-state index contributed by atoms with van der Waals surface area (Å²) in [5, 5.41) is 28.8. The highest BCUT2D eigenvalue weighted by Crippen LogP contribution is 2.62. The zero-order chi connectivity index (χ0) is 36.6. The lowest BCUT2D eigenvalue weighted by Crippen LogP contribution is -2.53. The van der Waals surface area contributed by atoms with Gasteiger partial charge in [0.15, 0.2) is 0 Å². The molecular formula is C40H64N6S2. The van der Waals surface area contributed by atoms with Crippen molar-refractivity contribution in [3.8, 4) is 12.1 Å². The smallest absolute Gasteiger partial charge is 0.140 e. The Morgan fingerprint density at radius 2 is 1.54 bits per heavy atom. The van der Waals surface area contributed by atoms with Crippen molar-refractivity contribution >= 4 is 28.3 Å². The van der Waals surface area contributed by atoms with E-state index in [1.807, 2.05) is 0 Å². The zero-order valence-corrected chi connectivity index (χ0v) is 33.2. The first-order valence-corrected chi connectivity index (χ1v) is 19.0. The molecule has 0 radical (unpaired) electrons. The van der Waals surface area contributed by atoms with E-state index < -0.39 is 27.1 Å². The van der Waals surface area contributed by atoms with Crippen molar-refractivity contribution in [2.75, 3.05) is 31.9 Å². The zero-order valence-electron chi connectivity index (χ0n) is 31.6. The van der Waals surface area contributed by atoms with Crippen LogP contribution in [0.25, 0.3) is 0 Å². The van der Waals surface area contributed by atoms with Crippen LogP contribution in [0.2, 0.25) is 0 Å². The van der Waals surface area contributed by atoms with Gasteiger partial charge in [0.1, 0.15) is 4.32 Å². The standard InChI is InChI=1S/C40H64N6S2/c1-29(2)24-45-32(5)40(12,26-36(6,7)38(10,27-42)20-18-31(4)46-21-22-48-35(46)47)37(8,9)39(11,28-43)19-17-30(3)44-25-34-15-13-33(23-41)14-16-34/h13,15,29,44-45H,3-5,14,16-26,41H2,1-2,6-12H3. The third-order valence-corrected chi connectivity index (χ3v) is 13.5. The van der Waals surface area contributed by atoms with Gasteiger partial charge in [-0.25, -0.2) is 0 Å². The molecule has 1 fully saturated rings. The molecule has 0 saturated carbocycles. The van der Waals surface area contributed by atoms with Crippen molar-refractivity contribution in [2.45, 2.75) is 107 Å². The van der Waals surface area contributed by atoms with Crippen LogP contribution in [-0.2, 0) is 0 Å². The molecule has 48 heavy (non-hydrogen) atoms. The van der Waals surface area contributed by atoms with Crippen LogP contribution in [0.5, 0.6) is 0 Å². The van der Waals surface area contributed by atoms with Crippen molar-refractivity contribution in [2.24, 2.45) is 38.7 Å². The first-order chi connectivity index (χ1) is 22.2. The fourth-order valence-corrected chi connectivity index (χ4v) is 8.24. The Bertz CT molecular complexity index is 1360. The van der Waals surface area contributed by atoms with E-state index in [0.29, 0.717) is 44.6 Å². The van der Waals surface area contributed by atoms with Gasteiger partial charge in [-0.3, -0.25) is 0 Å². The summed E-state index contributed by atoms with van der Waals surface area (Å²) in [6, 6.07) is 5.50. The number of hydrogen-bond acceptors (Lipinski definition) is 7. The first kappa shape index (κ1) is 41.7. The Balaban J connectivity index is 2.35. The molecule has 6 nitrogen and oxygen atoms in total. The summed E-state index contributed by atoms with van der Waals surface area (Å²) in [4.78, 5) is 2.12. The fraction of sp³-hybridized carbons (Fsp3) is 0.675. The minimum absolute atomic E-state index is 0.426. The fourth-order valence-electron chi connectivity index (χ4n) is 6.95. The third-order valence-electron chi connectivity index (χ3n) is 12.1. The van der Waals surface area contributed by atoms with Gasteiger partial charge in [-0.1, -0.05) is 115 Å². The lowest BCUT2D eigenvalue weighted by atomic mass is 9.46. The topological polar surface area (TPSA) is 101 Å².